The van der Waals surface area contributed by atoms with Crippen LogP contribution in [0.1, 0.15) is 25.7 Å². The number of ether oxygens (including phenoxy) is 4. The summed E-state index contributed by atoms with van der Waals surface area (Å²) in [5, 5.41) is 0. The Morgan fingerprint density at radius 3 is 2.39 bits per heavy atom. The standard InChI is InChI=1S/C14H24O4/c1-2-15-8-9-16-10-11-17-12-13-18-14-6-4-3-5-7-14/h2,6H,1,3-5,7-13H2. The molecule has 0 heterocycles. The Morgan fingerprint density at radius 2 is 1.72 bits per heavy atom. The summed E-state index contributed by atoms with van der Waals surface area (Å²) in [7, 11) is 0. The largest absolute Gasteiger partial charge is 0.499 e. The van der Waals surface area contributed by atoms with E-state index in [2.05, 4.69) is 12.7 Å². The van der Waals surface area contributed by atoms with E-state index in [-0.39, 0.29) is 0 Å². The van der Waals surface area contributed by atoms with Crippen molar-refractivity contribution in [1.82, 2.24) is 0 Å². The molecule has 0 saturated heterocycles. The molecule has 0 radical (unpaired) electrons. The maximum atomic E-state index is 5.61. The van der Waals surface area contributed by atoms with E-state index in [1.54, 1.807) is 0 Å². The minimum atomic E-state index is 0.542. The summed E-state index contributed by atoms with van der Waals surface area (Å²) in [5.74, 6) is 1.13. The lowest BCUT2D eigenvalue weighted by Gasteiger charge is -2.14. The number of allylic oxidation sites excluding steroid dienone is 2. The van der Waals surface area contributed by atoms with Gasteiger partial charge >= 0.3 is 0 Å². The first-order valence-electron chi connectivity index (χ1n) is 6.63. The average molecular weight is 256 g/mol. The molecule has 0 atom stereocenters. The van der Waals surface area contributed by atoms with Gasteiger partial charge in [0, 0.05) is 6.42 Å². The smallest absolute Gasteiger partial charge is 0.111 e. The fraction of sp³-hybridized carbons (Fsp3) is 0.714. The molecule has 0 saturated carbocycles. The quantitative estimate of drug-likeness (QED) is 0.421. The minimum absolute atomic E-state index is 0.542. The first kappa shape index (κ1) is 15.1. The first-order chi connectivity index (χ1) is 8.93. The molecule has 1 aliphatic rings. The SMILES string of the molecule is C=COCCOCCOCCOC1=CCCCC1. The van der Waals surface area contributed by atoms with Gasteiger partial charge in [-0.3, -0.25) is 0 Å². The average Bonchev–Trinajstić information content (AvgIpc) is 2.42. The first-order valence-corrected chi connectivity index (χ1v) is 6.63. The Morgan fingerprint density at radius 1 is 1.00 bits per heavy atom. The van der Waals surface area contributed by atoms with E-state index in [1.165, 1.54) is 19.1 Å². The van der Waals surface area contributed by atoms with Crippen LogP contribution in [-0.4, -0.2) is 39.6 Å². The second-order valence-corrected chi connectivity index (χ2v) is 4.03. The van der Waals surface area contributed by atoms with Gasteiger partial charge in [-0.2, -0.15) is 0 Å². The Labute approximate surface area is 110 Å². The van der Waals surface area contributed by atoms with Crippen LogP contribution in [0, 0.1) is 0 Å². The van der Waals surface area contributed by atoms with E-state index in [4.69, 9.17) is 18.9 Å². The Hall–Kier alpha value is -1.00. The van der Waals surface area contributed by atoms with Gasteiger partial charge in [0.25, 0.3) is 0 Å². The Balaban J connectivity index is 1.78. The zero-order valence-corrected chi connectivity index (χ0v) is 11.1. The molecule has 0 unspecified atom stereocenters. The highest BCUT2D eigenvalue weighted by Gasteiger charge is 2.03. The monoisotopic (exact) mass is 256 g/mol. The van der Waals surface area contributed by atoms with Gasteiger partial charge in [-0.25, -0.2) is 0 Å². The molecule has 1 rings (SSSR count). The van der Waals surface area contributed by atoms with Crippen molar-refractivity contribution in [3.05, 3.63) is 24.7 Å². The third-order valence-electron chi connectivity index (χ3n) is 2.60. The van der Waals surface area contributed by atoms with E-state index in [0.29, 0.717) is 39.6 Å². The summed E-state index contributed by atoms with van der Waals surface area (Å²) in [6.07, 6.45) is 8.36. The molecule has 0 aromatic carbocycles. The highest BCUT2D eigenvalue weighted by atomic mass is 16.6. The van der Waals surface area contributed by atoms with E-state index in [9.17, 15) is 0 Å². The van der Waals surface area contributed by atoms with Crippen molar-refractivity contribution >= 4 is 0 Å². The van der Waals surface area contributed by atoms with Gasteiger partial charge in [0.05, 0.1) is 38.4 Å². The van der Waals surface area contributed by atoms with Crippen molar-refractivity contribution in [1.29, 1.82) is 0 Å². The Kier molecular flexibility index (Phi) is 9.30. The van der Waals surface area contributed by atoms with E-state index >= 15 is 0 Å². The van der Waals surface area contributed by atoms with E-state index < -0.39 is 0 Å². The van der Waals surface area contributed by atoms with Crippen molar-refractivity contribution < 1.29 is 18.9 Å². The predicted molar refractivity (Wildman–Crippen MR) is 70.3 cm³/mol. The topological polar surface area (TPSA) is 36.9 Å². The summed E-state index contributed by atoms with van der Waals surface area (Å²) in [4.78, 5) is 0. The fourth-order valence-corrected chi connectivity index (χ4v) is 1.68. The zero-order chi connectivity index (χ0) is 12.9. The van der Waals surface area contributed by atoms with E-state index in [1.807, 2.05) is 0 Å². The molecule has 0 spiro atoms. The highest BCUT2D eigenvalue weighted by Crippen LogP contribution is 2.17. The van der Waals surface area contributed by atoms with Crippen LogP contribution in [-0.2, 0) is 18.9 Å². The van der Waals surface area contributed by atoms with Gasteiger partial charge in [-0.05, 0) is 25.3 Å². The molecule has 0 aliphatic heterocycles. The second-order valence-electron chi connectivity index (χ2n) is 4.03. The maximum absolute atomic E-state index is 5.61. The van der Waals surface area contributed by atoms with Crippen LogP contribution in [0.3, 0.4) is 0 Å². The van der Waals surface area contributed by atoms with Crippen LogP contribution in [0.15, 0.2) is 24.7 Å². The summed E-state index contributed by atoms with van der Waals surface area (Å²) in [5.41, 5.74) is 0. The summed E-state index contributed by atoms with van der Waals surface area (Å²) in [6, 6.07) is 0. The highest BCUT2D eigenvalue weighted by molar-refractivity contribution is 4.96. The molecule has 18 heavy (non-hydrogen) atoms. The molecule has 4 heteroatoms. The van der Waals surface area contributed by atoms with Crippen molar-refractivity contribution in [2.24, 2.45) is 0 Å². The number of rotatable bonds is 11. The molecule has 0 fully saturated rings. The number of hydrogen-bond acceptors (Lipinski definition) is 4. The lowest BCUT2D eigenvalue weighted by molar-refractivity contribution is 0.0150. The van der Waals surface area contributed by atoms with Gasteiger partial charge in [0.2, 0.25) is 0 Å². The zero-order valence-electron chi connectivity index (χ0n) is 11.1. The van der Waals surface area contributed by atoms with Gasteiger partial charge < -0.3 is 18.9 Å². The lowest BCUT2D eigenvalue weighted by Crippen LogP contribution is -2.11. The maximum Gasteiger partial charge on any atom is 0.111 e. The van der Waals surface area contributed by atoms with E-state index in [0.717, 1.165) is 18.6 Å². The van der Waals surface area contributed by atoms with Crippen LogP contribution >= 0.6 is 0 Å². The van der Waals surface area contributed by atoms with Crippen LogP contribution in [0.2, 0.25) is 0 Å². The third-order valence-corrected chi connectivity index (χ3v) is 2.60. The molecule has 0 aromatic rings. The summed E-state index contributed by atoms with van der Waals surface area (Å²) >= 11 is 0. The molecule has 1 aliphatic carbocycles. The minimum Gasteiger partial charge on any atom is -0.499 e. The van der Waals surface area contributed by atoms with Crippen LogP contribution in [0.25, 0.3) is 0 Å². The predicted octanol–water partition coefficient (Wildman–Crippen LogP) is 2.65. The van der Waals surface area contributed by atoms with Crippen LogP contribution in [0.4, 0.5) is 0 Å². The van der Waals surface area contributed by atoms with Crippen molar-refractivity contribution in [3.8, 4) is 0 Å². The second kappa shape index (κ2) is 11.1. The summed E-state index contributed by atoms with van der Waals surface area (Å²) < 4.78 is 21.2. The third kappa shape index (κ3) is 8.14. The van der Waals surface area contributed by atoms with Crippen LogP contribution < -0.4 is 0 Å². The van der Waals surface area contributed by atoms with Gasteiger partial charge in [0.15, 0.2) is 0 Å². The van der Waals surface area contributed by atoms with Gasteiger partial charge in [0.1, 0.15) is 13.2 Å². The fourth-order valence-electron chi connectivity index (χ4n) is 1.68. The van der Waals surface area contributed by atoms with Crippen molar-refractivity contribution in [2.75, 3.05) is 39.6 Å². The van der Waals surface area contributed by atoms with Crippen molar-refractivity contribution in [2.45, 2.75) is 25.7 Å². The summed E-state index contributed by atoms with van der Waals surface area (Å²) in [6.45, 7) is 6.98. The number of hydrogen-bond donors (Lipinski definition) is 0. The molecule has 0 aromatic heterocycles. The molecular weight excluding hydrogens is 232 g/mol. The molecular formula is C14H24O4. The van der Waals surface area contributed by atoms with Crippen molar-refractivity contribution in [3.63, 3.8) is 0 Å². The molecule has 104 valence electrons. The van der Waals surface area contributed by atoms with Crippen LogP contribution in [0.5, 0.6) is 0 Å². The molecule has 4 nitrogen and oxygen atoms in total. The molecule has 0 bridgehead atoms. The van der Waals surface area contributed by atoms with Gasteiger partial charge in [-0.1, -0.05) is 6.58 Å². The van der Waals surface area contributed by atoms with Gasteiger partial charge in [-0.15, -0.1) is 0 Å². The normalized spacial score (nSPS) is 15.0. The lowest BCUT2D eigenvalue weighted by atomic mass is 10.1. The Bertz CT molecular complexity index is 238. The molecule has 0 amide bonds. The molecule has 0 N–H and O–H groups in total.